The molecule has 1 saturated heterocycles. The molecule has 0 radical (unpaired) electrons. The molecule has 2 nitrogen and oxygen atoms in total. The van der Waals surface area contributed by atoms with Gasteiger partial charge in [-0.05, 0) is 37.0 Å². The van der Waals surface area contributed by atoms with E-state index < -0.39 is 0 Å². The first-order valence-electron chi connectivity index (χ1n) is 7.10. The summed E-state index contributed by atoms with van der Waals surface area (Å²) >= 11 is 0. The average molecular weight is 236 g/mol. The quantitative estimate of drug-likeness (QED) is 0.689. The molecule has 2 aliphatic carbocycles. The normalized spacial score (nSPS) is 51.7. The van der Waals surface area contributed by atoms with Crippen LogP contribution < -0.4 is 0 Å². The maximum Gasteiger partial charge on any atom is 0.310 e. The molecule has 0 aromatic heterocycles. The van der Waals surface area contributed by atoms with Crippen molar-refractivity contribution in [2.75, 3.05) is 0 Å². The van der Waals surface area contributed by atoms with Gasteiger partial charge in [0.25, 0.3) is 0 Å². The summed E-state index contributed by atoms with van der Waals surface area (Å²) in [7, 11) is 0. The fourth-order valence-electron chi connectivity index (χ4n) is 5.60. The van der Waals surface area contributed by atoms with E-state index in [2.05, 4.69) is 34.6 Å². The SMILES string of the molecule is CC(C)C1C2CC3C1C(=O)OC3(C)C2C(C)C. The highest BCUT2D eigenvalue weighted by Crippen LogP contribution is 2.68. The lowest BCUT2D eigenvalue weighted by molar-refractivity contribution is -0.152. The van der Waals surface area contributed by atoms with Crippen molar-refractivity contribution < 1.29 is 9.53 Å². The molecule has 96 valence electrons. The highest BCUT2D eigenvalue weighted by Gasteiger charge is 2.72. The van der Waals surface area contributed by atoms with Crippen LogP contribution in [0.3, 0.4) is 0 Å². The van der Waals surface area contributed by atoms with Crippen LogP contribution in [0.1, 0.15) is 41.0 Å². The third-order valence-corrected chi connectivity index (χ3v) is 5.81. The van der Waals surface area contributed by atoms with Crippen molar-refractivity contribution >= 4 is 5.97 Å². The van der Waals surface area contributed by atoms with Crippen molar-refractivity contribution in [1.29, 1.82) is 0 Å². The molecule has 6 unspecified atom stereocenters. The zero-order valence-corrected chi connectivity index (χ0v) is 11.6. The summed E-state index contributed by atoms with van der Waals surface area (Å²) in [4.78, 5) is 12.2. The molecule has 3 rings (SSSR count). The van der Waals surface area contributed by atoms with Gasteiger partial charge in [-0.2, -0.15) is 0 Å². The van der Waals surface area contributed by atoms with Gasteiger partial charge in [0.05, 0.1) is 5.92 Å². The molecule has 0 aromatic rings. The largest absolute Gasteiger partial charge is 0.458 e. The van der Waals surface area contributed by atoms with E-state index in [1.54, 1.807) is 0 Å². The fourth-order valence-corrected chi connectivity index (χ4v) is 5.60. The van der Waals surface area contributed by atoms with Gasteiger partial charge in [0.1, 0.15) is 5.60 Å². The van der Waals surface area contributed by atoms with Gasteiger partial charge >= 0.3 is 5.97 Å². The van der Waals surface area contributed by atoms with Crippen LogP contribution in [-0.4, -0.2) is 11.6 Å². The molecule has 0 aromatic carbocycles. The van der Waals surface area contributed by atoms with Crippen LogP contribution >= 0.6 is 0 Å². The summed E-state index contributed by atoms with van der Waals surface area (Å²) in [6.45, 7) is 11.3. The Morgan fingerprint density at radius 1 is 1.24 bits per heavy atom. The Balaban J connectivity index is 2.05. The van der Waals surface area contributed by atoms with E-state index in [9.17, 15) is 4.79 Å². The Hall–Kier alpha value is -0.530. The molecule has 0 spiro atoms. The van der Waals surface area contributed by atoms with E-state index in [4.69, 9.17) is 4.74 Å². The molecule has 3 aliphatic rings. The summed E-state index contributed by atoms with van der Waals surface area (Å²) in [5.74, 6) is 3.87. The summed E-state index contributed by atoms with van der Waals surface area (Å²) in [6, 6.07) is 0. The highest BCUT2D eigenvalue weighted by molar-refractivity contribution is 5.78. The predicted molar refractivity (Wildman–Crippen MR) is 66.2 cm³/mol. The number of carbonyl (C=O) groups excluding carboxylic acids is 1. The first kappa shape index (κ1) is 11.6. The topological polar surface area (TPSA) is 26.3 Å². The lowest BCUT2D eigenvalue weighted by Gasteiger charge is -2.42. The molecule has 2 bridgehead atoms. The van der Waals surface area contributed by atoms with Crippen molar-refractivity contribution in [3.63, 3.8) is 0 Å². The van der Waals surface area contributed by atoms with Crippen LogP contribution in [0.2, 0.25) is 0 Å². The summed E-state index contributed by atoms with van der Waals surface area (Å²) < 4.78 is 5.84. The van der Waals surface area contributed by atoms with Crippen LogP contribution in [0, 0.1) is 41.4 Å². The summed E-state index contributed by atoms with van der Waals surface area (Å²) in [5, 5.41) is 0. The van der Waals surface area contributed by atoms with Crippen molar-refractivity contribution in [3.8, 4) is 0 Å². The minimum atomic E-state index is -0.147. The molecule has 1 heterocycles. The molecule has 0 N–H and O–H groups in total. The lowest BCUT2D eigenvalue weighted by Crippen LogP contribution is -2.45. The van der Waals surface area contributed by atoms with Crippen LogP contribution in [0.25, 0.3) is 0 Å². The minimum Gasteiger partial charge on any atom is -0.458 e. The van der Waals surface area contributed by atoms with Crippen LogP contribution in [0.5, 0.6) is 0 Å². The third-order valence-electron chi connectivity index (χ3n) is 5.81. The molecular weight excluding hydrogens is 212 g/mol. The zero-order valence-electron chi connectivity index (χ0n) is 11.6. The Labute approximate surface area is 104 Å². The monoisotopic (exact) mass is 236 g/mol. The van der Waals surface area contributed by atoms with Crippen LogP contribution in [0.15, 0.2) is 0 Å². The van der Waals surface area contributed by atoms with Gasteiger partial charge in [-0.1, -0.05) is 27.7 Å². The van der Waals surface area contributed by atoms with Gasteiger partial charge in [-0.25, -0.2) is 0 Å². The molecule has 6 atom stereocenters. The highest BCUT2D eigenvalue weighted by atomic mass is 16.6. The van der Waals surface area contributed by atoms with Gasteiger partial charge in [-0.15, -0.1) is 0 Å². The van der Waals surface area contributed by atoms with E-state index >= 15 is 0 Å². The summed E-state index contributed by atoms with van der Waals surface area (Å²) in [5.41, 5.74) is -0.147. The average Bonchev–Trinajstić information content (AvgIpc) is 2.72. The molecule has 2 heteroatoms. The first-order chi connectivity index (χ1) is 7.88. The van der Waals surface area contributed by atoms with Gasteiger partial charge in [0.2, 0.25) is 0 Å². The van der Waals surface area contributed by atoms with Crippen molar-refractivity contribution in [2.24, 2.45) is 41.4 Å². The smallest absolute Gasteiger partial charge is 0.310 e. The lowest BCUT2D eigenvalue weighted by atomic mass is 9.62. The van der Waals surface area contributed by atoms with Gasteiger partial charge in [0.15, 0.2) is 0 Å². The number of hydrogen-bond donors (Lipinski definition) is 0. The second-order valence-corrected chi connectivity index (χ2v) is 7.23. The number of esters is 1. The fraction of sp³-hybridized carbons (Fsp3) is 0.933. The maximum absolute atomic E-state index is 12.2. The standard InChI is InChI=1S/C15H24O2/c1-7(2)11-9-6-10-12(11)14(16)17-15(10,5)13(9)8(3)4/h7-13H,6H2,1-5H3. The zero-order chi connectivity index (χ0) is 12.5. The van der Waals surface area contributed by atoms with Crippen molar-refractivity contribution in [1.82, 2.24) is 0 Å². The van der Waals surface area contributed by atoms with Crippen LogP contribution in [0.4, 0.5) is 0 Å². The predicted octanol–water partition coefficient (Wildman–Crippen LogP) is 3.11. The molecule has 17 heavy (non-hydrogen) atoms. The Morgan fingerprint density at radius 3 is 2.41 bits per heavy atom. The van der Waals surface area contributed by atoms with E-state index in [0.717, 1.165) is 0 Å². The van der Waals surface area contributed by atoms with Crippen molar-refractivity contribution in [3.05, 3.63) is 0 Å². The molecule has 1 aliphatic heterocycles. The van der Waals surface area contributed by atoms with Gasteiger partial charge in [-0.3, -0.25) is 4.79 Å². The Bertz CT molecular complexity index is 360. The van der Waals surface area contributed by atoms with E-state index in [1.165, 1.54) is 6.42 Å². The number of rotatable bonds is 2. The third kappa shape index (κ3) is 1.19. The molecular formula is C15H24O2. The Kier molecular flexibility index (Phi) is 2.22. The molecule has 3 fully saturated rings. The number of hydrogen-bond acceptors (Lipinski definition) is 2. The maximum atomic E-state index is 12.2. The van der Waals surface area contributed by atoms with Gasteiger partial charge < -0.3 is 4.74 Å². The molecule has 0 amide bonds. The second-order valence-electron chi connectivity index (χ2n) is 7.23. The number of fused-ring (bicyclic) bond motifs is 1. The number of carbonyl (C=O) groups is 1. The second kappa shape index (κ2) is 3.27. The van der Waals surface area contributed by atoms with Gasteiger partial charge in [0, 0.05) is 11.8 Å². The summed E-state index contributed by atoms with van der Waals surface area (Å²) in [6.07, 6.45) is 1.22. The Morgan fingerprint density at radius 2 is 1.88 bits per heavy atom. The van der Waals surface area contributed by atoms with E-state index in [1.807, 2.05) is 0 Å². The first-order valence-corrected chi connectivity index (χ1v) is 7.10. The minimum absolute atomic E-state index is 0.0989. The molecule has 2 saturated carbocycles. The van der Waals surface area contributed by atoms with E-state index in [0.29, 0.717) is 35.5 Å². The van der Waals surface area contributed by atoms with E-state index in [-0.39, 0.29) is 17.5 Å². The number of ether oxygens (including phenoxy) is 1. The van der Waals surface area contributed by atoms with Crippen LogP contribution in [-0.2, 0) is 9.53 Å². The van der Waals surface area contributed by atoms with Crippen molar-refractivity contribution in [2.45, 2.75) is 46.6 Å².